The van der Waals surface area contributed by atoms with Gasteiger partial charge in [-0.25, -0.2) is 8.42 Å². The average molecular weight is 545 g/mol. The van der Waals surface area contributed by atoms with Gasteiger partial charge < -0.3 is 14.4 Å². The summed E-state index contributed by atoms with van der Waals surface area (Å²) >= 11 is 0. The van der Waals surface area contributed by atoms with Gasteiger partial charge >= 0.3 is 0 Å². The smallest absolute Gasteiger partial charge is 0.264 e. The summed E-state index contributed by atoms with van der Waals surface area (Å²) in [6.07, 6.45) is 0. The van der Waals surface area contributed by atoms with E-state index in [2.05, 4.69) is 0 Å². The van der Waals surface area contributed by atoms with Crippen LogP contribution < -0.4 is 13.8 Å². The van der Waals surface area contributed by atoms with Crippen molar-refractivity contribution in [1.82, 2.24) is 4.90 Å². The zero-order valence-corrected chi connectivity index (χ0v) is 23.1. The van der Waals surface area contributed by atoms with E-state index >= 15 is 0 Å². The molecule has 7 nitrogen and oxygen atoms in total. The van der Waals surface area contributed by atoms with E-state index in [1.54, 1.807) is 47.4 Å². The van der Waals surface area contributed by atoms with E-state index in [1.807, 2.05) is 67.6 Å². The van der Waals surface area contributed by atoms with Crippen LogP contribution >= 0.6 is 0 Å². The monoisotopic (exact) mass is 544 g/mol. The number of ether oxygens (including phenoxy) is 2. The third-order valence-electron chi connectivity index (χ3n) is 6.33. The number of nitrogens with zero attached hydrogens (tertiary/aromatic N) is 2. The number of rotatable bonds is 11. The Bertz CT molecular complexity index is 1450. The molecule has 0 N–H and O–H groups in total. The molecule has 0 bridgehead atoms. The van der Waals surface area contributed by atoms with Crippen LogP contribution in [0.5, 0.6) is 11.5 Å². The normalized spacial score (nSPS) is 11.1. The van der Waals surface area contributed by atoms with Gasteiger partial charge in [-0.3, -0.25) is 9.10 Å². The van der Waals surface area contributed by atoms with Crippen LogP contribution in [0.25, 0.3) is 0 Å². The lowest BCUT2D eigenvalue weighted by Gasteiger charge is -2.30. The quantitative estimate of drug-likeness (QED) is 0.252. The van der Waals surface area contributed by atoms with Crippen molar-refractivity contribution < 1.29 is 22.7 Å². The van der Waals surface area contributed by atoms with Crippen molar-refractivity contribution in [3.63, 3.8) is 0 Å². The van der Waals surface area contributed by atoms with E-state index in [1.165, 1.54) is 14.2 Å². The lowest BCUT2D eigenvalue weighted by atomic mass is 10.1. The zero-order chi connectivity index (χ0) is 27.8. The fraction of sp³-hybridized carbons (Fsp3) is 0.194. The number of benzene rings is 4. The Hall–Kier alpha value is -4.30. The molecule has 0 unspecified atom stereocenters. The Morgan fingerprint density at radius 2 is 1.31 bits per heavy atom. The molecule has 0 heterocycles. The number of methoxy groups -OCH3 is 2. The predicted molar refractivity (Wildman–Crippen MR) is 152 cm³/mol. The third-order valence-corrected chi connectivity index (χ3v) is 8.10. The first kappa shape index (κ1) is 27.7. The number of sulfonamides is 1. The maximum Gasteiger partial charge on any atom is 0.264 e. The summed E-state index contributed by atoms with van der Waals surface area (Å²) in [6.45, 7) is 2.09. The van der Waals surface area contributed by atoms with E-state index in [4.69, 9.17) is 9.47 Å². The summed E-state index contributed by atoms with van der Waals surface area (Å²) in [4.78, 5) is 15.7. The second kappa shape index (κ2) is 12.5. The number of hydrogen-bond donors (Lipinski definition) is 0. The van der Waals surface area contributed by atoms with Gasteiger partial charge in [0.1, 0.15) is 18.0 Å². The minimum absolute atomic E-state index is 0.0726. The second-order valence-electron chi connectivity index (χ2n) is 9.08. The Morgan fingerprint density at radius 3 is 1.82 bits per heavy atom. The van der Waals surface area contributed by atoms with Crippen LogP contribution in [0.1, 0.15) is 16.7 Å². The summed E-state index contributed by atoms with van der Waals surface area (Å²) < 4.78 is 40.1. The molecule has 1 amide bonds. The van der Waals surface area contributed by atoms with Crippen molar-refractivity contribution in [3.05, 3.63) is 120 Å². The van der Waals surface area contributed by atoms with Gasteiger partial charge in [0.2, 0.25) is 5.91 Å². The van der Waals surface area contributed by atoms with Gasteiger partial charge in [0.05, 0.1) is 24.8 Å². The first-order chi connectivity index (χ1) is 18.8. The summed E-state index contributed by atoms with van der Waals surface area (Å²) in [7, 11) is -1.20. The summed E-state index contributed by atoms with van der Waals surface area (Å²) in [5.74, 6) is 0.382. The van der Waals surface area contributed by atoms with Gasteiger partial charge in [0, 0.05) is 19.2 Å². The Balaban J connectivity index is 1.77. The molecule has 0 fully saturated rings. The van der Waals surface area contributed by atoms with Gasteiger partial charge in [-0.1, -0.05) is 78.4 Å². The maximum absolute atomic E-state index is 14.0. The number of amides is 1. The topological polar surface area (TPSA) is 76.2 Å². The molecule has 0 aliphatic carbocycles. The highest BCUT2D eigenvalue weighted by Gasteiger charge is 2.31. The van der Waals surface area contributed by atoms with Crippen molar-refractivity contribution in [2.75, 3.05) is 25.1 Å². The Kier molecular flexibility index (Phi) is 8.88. The second-order valence-corrected chi connectivity index (χ2v) is 10.9. The van der Waals surface area contributed by atoms with Crippen molar-refractivity contribution in [3.8, 4) is 11.5 Å². The van der Waals surface area contributed by atoms with Crippen LogP contribution in [0, 0.1) is 6.92 Å². The van der Waals surface area contributed by atoms with Crippen LogP contribution in [-0.4, -0.2) is 40.0 Å². The van der Waals surface area contributed by atoms with Crippen LogP contribution in [0.15, 0.2) is 108 Å². The molecule has 4 rings (SSSR count). The highest BCUT2D eigenvalue weighted by Crippen LogP contribution is 2.36. The van der Waals surface area contributed by atoms with Gasteiger partial charge in [-0.2, -0.15) is 0 Å². The van der Waals surface area contributed by atoms with Gasteiger partial charge in [-0.05, 0) is 42.3 Å². The van der Waals surface area contributed by atoms with E-state index < -0.39 is 16.6 Å². The van der Waals surface area contributed by atoms with E-state index in [9.17, 15) is 13.2 Å². The fourth-order valence-corrected chi connectivity index (χ4v) is 5.61. The van der Waals surface area contributed by atoms with Crippen molar-refractivity contribution in [2.24, 2.45) is 0 Å². The average Bonchev–Trinajstić information content (AvgIpc) is 2.96. The molecule has 0 saturated carbocycles. The largest absolute Gasteiger partial charge is 0.497 e. The molecule has 0 saturated heterocycles. The van der Waals surface area contributed by atoms with Crippen LogP contribution in [0.2, 0.25) is 0 Å². The molecular weight excluding hydrogens is 512 g/mol. The van der Waals surface area contributed by atoms with Crippen molar-refractivity contribution >= 4 is 21.6 Å². The first-order valence-electron chi connectivity index (χ1n) is 12.5. The van der Waals surface area contributed by atoms with Crippen LogP contribution in [0.3, 0.4) is 0 Å². The molecule has 0 atom stereocenters. The minimum Gasteiger partial charge on any atom is -0.497 e. The molecule has 4 aromatic rings. The lowest BCUT2D eigenvalue weighted by molar-refractivity contribution is -0.130. The Morgan fingerprint density at radius 1 is 0.744 bits per heavy atom. The molecule has 0 aliphatic heterocycles. The lowest BCUT2D eigenvalue weighted by Crippen LogP contribution is -2.42. The molecule has 39 heavy (non-hydrogen) atoms. The third kappa shape index (κ3) is 6.78. The Labute approximate surface area is 230 Å². The molecule has 0 spiro atoms. The highest BCUT2D eigenvalue weighted by molar-refractivity contribution is 7.92. The standard InChI is InChI=1S/C31H32N2O5S/c1-24-14-17-28(18-15-24)39(35,36)33(29-20-27(37-2)16-19-30(29)38-3)23-31(34)32(21-25-10-6-4-7-11-25)22-26-12-8-5-9-13-26/h4-20H,21-23H2,1-3H3. The van der Waals surface area contributed by atoms with Crippen LogP contribution in [0.4, 0.5) is 5.69 Å². The van der Waals surface area contributed by atoms with Gasteiger partial charge in [0.25, 0.3) is 10.0 Å². The molecule has 202 valence electrons. The highest BCUT2D eigenvalue weighted by atomic mass is 32.2. The molecular formula is C31H32N2O5S. The number of carbonyl (C=O) groups is 1. The summed E-state index contributed by atoms with van der Waals surface area (Å²) in [5, 5.41) is 0. The molecule has 0 radical (unpaired) electrons. The number of carbonyl (C=O) groups excluding carboxylic acids is 1. The van der Waals surface area contributed by atoms with Crippen molar-refractivity contribution in [2.45, 2.75) is 24.9 Å². The predicted octanol–water partition coefficient (Wildman–Crippen LogP) is 5.44. The number of aryl methyl sites for hydroxylation is 1. The molecule has 0 aliphatic rings. The SMILES string of the molecule is COc1ccc(OC)c(N(CC(=O)N(Cc2ccccc2)Cc2ccccc2)S(=O)(=O)c2ccc(C)cc2)c1. The van der Waals surface area contributed by atoms with E-state index in [-0.39, 0.29) is 16.5 Å². The molecule has 8 heteroatoms. The van der Waals surface area contributed by atoms with Crippen molar-refractivity contribution in [1.29, 1.82) is 0 Å². The molecule has 4 aromatic carbocycles. The van der Waals surface area contributed by atoms with E-state index in [0.29, 0.717) is 24.6 Å². The number of hydrogen-bond acceptors (Lipinski definition) is 5. The van der Waals surface area contributed by atoms with Crippen LogP contribution in [-0.2, 0) is 27.9 Å². The maximum atomic E-state index is 14.0. The van der Waals surface area contributed by atoms with E-state index in [0.717, 1.165) is 21.0 Å². The summed E-state index contributed by atoms with van der Waals surface area (Å²) in [6, 6.07) is 30.7. The zero-order valence-electron chi connectivity index (χ0n) is 22.3. The fourth-order valence-electron chi connectivity index (χ4n) is 4.19. The first-order valence-corrected chi connectivity index (χ1v) is 13.9. The number of anilines is 1. The minimum atomic E-state index is -4.15. The van der Waals surface area contributed by atoms with Gasteiger partial charge in [-0.15, -0.1) is 0 Å². The summed E-state index contributed by atoms with van der Waals surface area (Å²) in [5.41, 5.74) is 3.01. The van der Waals surface area contributed by atoms with Gasteiger partial charge in [0.15, 0.2) is 0 Å². The molecule has 0 aromatic heterocycles.